The highest BCUT2D eigenvalue weighted by molar-refractivity contribution is 6.32. The summed E-state index contributed by atoms with van der Waals surface area (Å²) < 4.78 is 0. The van der Waals surface area contributed by atoms with Crippen molar-refractivity contribution in [1.82, 2.24) is 9.97 Å². The Hall–Kier alpha value is -1.16. The minimum Gasteiger partial charge on any atom is -0.353 e. The molecule has 0 saturated heterocycles. The number of nitrogens with zero attached hydrogens (tertiary/aromatic N) is 3. The maximum Gasteiger partial charge on any atom is 0.156 e. The van der Waals surface area contributed by atoms with Crippen LogP contribution >= 0.6 is 11.6 Å². The summed E-state index contributed by atoms with van der Waals surface area (Å²) >= 11 is 5.93. The van der Waals surface area contributed by atoms with Gasteiger partial charge in [0, 0.05) is 12.6 Å². The van der Waals surface area contributed by atoms with E-state index in [0.717, 1.165) is 25.7 Å². The van der Waals surface area contributed by atoms with Crippen molar-refractivity contribution in [2.75, 3.05) is 11.4 Å². The molecule has 0 aliphatic heterocycles. The molecule has 0 N–H and O–H groups in total. The number of aldehydes is 1. The second kappa shape index (κ2) is 5.00. The largest absolute Gasteiger partial charge is 0.353 e. The molecule has 4 nitrogen and oxygen atoms in total. The lowest BCUT2D eigenvalue weighted by Gasteiger charge is -2.26. The molecule has 1 fully saturated rings. The molecule has 1 aliphatic carbocycles. The fourth-order valence-corrected chi connectivity index (χ4v) is 2.06. The van der Waals surface area contributed by atoms with Gasteiger partial charge in [-0.25, -0.2) is 9.97 Å². The minimum absolute atomic E-state index is 0.236. The lowest BCUT2D eigenvalue weighted by molar-refractivity contribution is 0.112. The van der Waals surface area contributed by atoms with Gasteiger partial charge in [-0.15, -0.1) is 0 Å². The zero-order valence-corrected chi connectivity index (χ0v) is 10.8. The molecule has 2 rings (SSSR count). The predicted octanol–water partition coefficient (Wildman–Crippen LogP) is 2.57. The van der Waals surface area contributed by atoms with Crippen LogP contribution in [0.2, 0.25) is 5.15 Å². The van der Waals surface area contributed by atoms with E-state index in [-0.39, 0.29) is 5.15 Å². The molecule has 0 unspecified atom stereocenters. The Balaban J connectivity index is 2.34. The Morgan fingerprint density at radius 3 is 2.76 bits per heavy atom. The van der Waals surface area contributed by atoms with Gasteiger partial charge in [-0.3, -0.25) is 4.79 Å². The summed E-state index contributed by atoms with van der Waals surface area (Å²) in [7, 11) is 0. The molecule has 17 heavy (non-hydrogen) atoms. The van der Waals surface area contributed by atoms with Crippen LogP contribution in [0.3, 0.4) is 0 Å². The summed E-state index contributed by atoms with van der Waals surface area (Å²) in [6, 6.07) is 0.502. The SMILES string of the molecule is CC(C)CN(c1ncnc(Cl)c1C=O)C1CC1. The third-order valence-electron chi connectivity index (χ3n) is 2.75. The first-order valence-electron chi connectivity index (χ1n) is 5.85. The van der Waals surface area contributed by atoms with Crippen LogP contribution in [-0.2, 0) is 0 Å². The van der Waals surface area contributed by atoms with E-state index in [1.54, 1.807) is 0 Å². The van der Waals surface area contributed by atoms with Gasteiger partial charge in [0.25, 0.3) is 0 Å². The number of hydrogen-bond donors (Lipinski definition) is 0. The van der Waals surface area contributed by atoms with Gasteiger partial charge in [-0.2, -0.15) is 0 Å². The van der Waals surface area contributed by atoms with E-state index in [4.69, 9.17) is 11.6 Å². The smallest absolute Gasteiger partial charge is 0.156 e. The summed E-state index contributed by atoms with van der Waals surface area (Å²) in [6.07, 6.45) is 4.48. The highest BCUT2D eigenvalue weighted by atomic mass is 35.5. The van der Waals surface area contributed by atoms with Crippen LogP contribution in [0.15, 0.2) is 6.33 Å². The Morgan fingerprint density at radius 1 is 1.53 bits per heavy atom. The van der Waals surface area contributed by atoms with Crippen molar-refractivity contribution in [2.45, 2.75) is 32.7 Å². The van der Waals surface area contributed by atoms with E-state index in [1.165, 1.54) is 6.33 Å². The number of carbonyl (C=O) groups excluding carboxylic acids is 1. The normalized spacial score (nSPS) is 15.1. The van der Waals surface area contributed by atoms with Crippen molar-refractivity contribution >= 4 is 23.7 Å². The molecule has 0 spiro atoms. The van der Waals surface area contributed by atoms with E-state index >= 15 is 0 Å². The molecular formula is C12H16ClN3O. The van der Waals surface area contributed by atoms with Crippen molar-refractivity contribution in [3.05, 3.63) is 17.0 Å². The summed E-state index contributed by atoms with van der Waals surface area (Å²) in [5, 5.41) is 0.236. The molecule has 1 aromatic rings. The van der Waals surface area contributed by atoms with Crippen LogP contribution in [0.5, 0.6) is 0 Å². The Kier molecular flexibility index (Phi) is 3.62. The van der Waals surface area contributed by atoms with Gasteiger partial charge in [0.05, 0.1) is 5.56 Å². The topological polar surface area (TPSA) is 46.1 Å². The van der Waals surface area contributed by atoms with Crippen LogP contribution in [0.25, 0.3) is 0 Å². The predicted molar refractivity (Wildman–Crippen MR) is 67.6 cm³/mol. The maximum absolute atomic E-state index is 11.1. The molecule has 1 saturated carbocycles. The average Bonchev–Trinajstić information content (AvgIpc) is 3.09. The summed E-state index contributed by atoms with van der Waals surface area (Å²) in [4.78, 5) is 21.3. The van der Waals surface area contributed by atoms with Crippen LogP contribution in [0, 0.1) is 5.92 Å². The van der Waals surface area contributed by atoms with Gasteiger partial charge >= 0.3 is 0 Å². The third-order valence-corrected chi connectivity index (χ3v) is 3.05. The first-order chi connectivity index (χ1) is 8.13. The molecule has 5 heteroatoms. The lowest BCUT2D eigenvalue weighted by Crippen LogP contribution is -2.31. The van der Waals surface area contributed by atoms with Gasteiger partial charge in [0.1, 0.15) is 17.3 Å². The molecule has 1 aromatic heterocycles. The fourth-order valence-electron chi connectivity index (χ4n) is 1.88. The third kappa shape index (κ3) is 2.75. The van der Waals surface area contributed by atoms with Crippen LogP contribution in [0.1, 0.15) is 37.0 Å². The zero-order chi connectivity index (χ0) is 12.4. The van der Waals surface area contributed by atoms with Crippen LogP contribution in [0.4, 0.5) is 5.82 Å². The number of anilines is 1. The van der Waals surface area contributed by atoms with E-state index in [2.05, 4.69) is 28.7 Å². The van der Waals surface area contributed by atoms with E-state index in [9.17, 15) is 4.79 Å². The van der Waals surface area contributed by atoms with Gasteiger partial charge < -0.3 is 4.90 Å². The Morgan fingerprint density at radius 2 is 2.24 bits per heavy atom. The molecule has 1 aliphatic rings. The zero-order valence-electron chi connectivity index (χ0n) is 10.1. The standard InChI is InChI=1S/C12H16ClN3O/c1-8(2)5-16(9-3-4-9)12-10(6-17)11(13)14-7-15-12/h6-9H,3-5H2,1-2H3. The van der Waals surface area contributed by atoms with E-state index in [0.29, 0.717) is 23.3 Å². The first kappa shape index (κ1) is 12.3. The molecule has 92 valence electrons. The Labute approximate surface area is 106 Å². The molecule has 0 aromatic carbocycles. The summed E-state index contributed by atoms with van der Waals surface area (Å²) in [5.41, 5.74) is 0.404. The molecule has 0 bridgehead atoms. The monoisotopic (exact) mass is 253 g/mol. The highest BCUT2D eigenvalue weighted by Gasteiger charge is 2.32. The van der Waals surface area contributed by atoms with E-state index in [1.807, 2.05) is 0 Å². The van der Waals surface area contributed by atoms with Gasteiger partial charge in [0.2, 0.25) is 0 Å². The molecule has 1 heterocycles. The second-order valence-electron chi connectivity index (χ2n) is 4.80. The van der Waals surface area contributed by atoms with Crippen LogP contribution < -0.4 is 4.90 Å². The van der Waals surface area contributed by atoms with Crippen molar-refractivity contribution < 1.29 is 4.79 Å². The second-order valence-corrected chi connectivity index (χ2v) is 5.16. The van der Waals surface area contributed by atoms with Gasteiger partial charge in [-0.05, 0) is 18.8 Å². The summed E-state index contributed by atoms with van der Waals surface area (Å²) in [5.74, 6) is 1.19. The Bertz CT molecular complexity index is 418. The van der Waals surface area contributed by atoms with Gasteiger partial charge in [-0.1, -0.05) is 25.4 Å². The molecule has 0 atom stereocenters. The number of carbonyl (C=O) groups is 1. The first-order valence-corrected chi connectivity index (χ1v) is 6.23. The van der Waals surface area contributed by atoms with E-state index < -0.39 is 0 Å². The van der Waals surface area contributed by atoms with Crippen molar-refractivity contribution in [1.29, 1.82) is 0 Å². The molecule has 0 amide bonds. The number of hydrogen-bond acceptors (Lipinski definition) is 4. The van der Waals surface area contributed by atoms with Crippen molar-refractivity contribution in [3.8, 4) is 0 Å². The average molecular weight is 254 g/mol. The number of halogens is 1. The van der Waals surface area contributed by atoms with Gasteiger partial charge in [0.15, 0.2) is 6.29 Å². The lowest BCUT2D eigenvalue weighted by atomic mass is 10.2. The van der Waals surface area contributed by atoms with Crippen LogP contribution in [-0.4, -0.2) is 28.8 Å². The maximum atomic E-state index is 11.1. The molecular weight excluding hydrogens is 238 g/mol. The van der Waals surface area contributed by atoms with Crippen molar-refractivity contribution in [3.63, 3.8) is 0 Å². The number of rotatable bonds is 5. The van der Waals surface area contributed by atoms with Crippen molar-refractivity contribution in [2.24, 2.45) is 5.92 Å². The summed E-state index contributed by atoms with van der Waals surface area (Å²) in [6.45, 7) is 5.19. The fraction of sp³-hybridized carbons (Fsp3) is 0.583. The quantitative estimate of drug-likeness (QED) is 0.598. The minimum atomic E-state index is 0.236. The highest BCUT2D eigenvalue weighted by Crippen LogP contribution is 2.33. The molecule has 0 radical (unpaired) electrons. The number of aromatic nitrogens is 2.